The van der Waals surface area contributed by atoms with Crippen LogP contribution in [0.25, 0.3) is 0 Å². The normalized spacial score (nSPS) is 12.4. The van der Waals surface area contributed by atoms with E-state index in [9.17, 15) is 9.50 Å². The van der Waals surface area contributed by atoms with E-state index < -0.39 is 11.9 Å². The van der Waals surface area contributed by atoms with Crippen molar-refractivity contribution in [3.05, 3.63) is 65.5 Å². The quantitative estimate of drug-likeness (QED) is 0.849. The minimum absolute atomic E-state index is 0.299. The Bertz CT molecular complexity index is 567. The first-order chi connectivity index (χ1) is 10.1. The van der Waals surface area contributed by atoms with Gasteiger partial charge in [0.1, 0.15) is 18.2 Å². The zero-order chi connectivity index (χ0) is 15.2. The molecule has 1 atom stereocenters. The monoisotopic (exact) mass is 288 g/mol. The van der Waals surface area contributed by atoms with E-state index in [2.05, 4.69) is 0 Å². The molecule has 3 heteroatoms. The largest absolute Gasteiger partial charge is 0.489 e. The average Bonchev–Trinajstić information content (AvgIpc) is 2.46. The van der Waals surface area contributed by atoms with E-state index in [1.165, 1.54) is 6.07 Å². The maximum atomic E-state index is 13.8. The van der Waals surface area contributed by atoms with Crippen LogP contribution in [-0.2, 0) is 6.61 Å². The lowest BCUT2D eigenvalue weighted by Gasteiger charge is -2.15. The summed E-state index contributed by atoms with van der Waals surface area (Å²) < 4.78 is 19.5. The van der Waals surface area contributed by atoms with Gasteiger partial charge in [0, 0.05) is 5.56 Å². The van der Waals surface area contributed by atoms with Gasteiger partial charge < -0.3 is 9.84 Å². The summed E-state index contributed by atoms with van der Waals surface area (Å²) in [6.45, 7) is 4.42. The van der Waals surface area contributed by atoms with Crippen LogP contribution < -0.4 is 4.74 Å². The topological polar surface area (TPSA) is 29.5 Å². The van der Waals surface area contributed by atoms with Crippen molar-refractivity contribution in [1.29, 1.82) is 0 Å². The highest BCUT2D eigenvalue weighted by Crippen LogP contribution is 2.27. The molecule has 0 saturated heterocycles. The van der Waals surface area contributed by atoms with Gasteiger partial charge in [0.25, 0.3) is 0 Å². The second-order valence-electron chi connectivity index (χ2n) is 5.60. The van der Waals surface area contributed by atoms with Crippen LogP contribution in [-0.4, -0.2) is 5.11 Å². The predicted molar refractivity (Wildman–Crippen MR) is 81.6 cm³/mol. The maximum absolute atomic E-state index is 13.8. The van der Waals surface area contributed by atoms with Crippen LogP contribution in [0.4, 0.5) is 4.39 Å². The molecule has 2 aromatic rings. The third-order valence-electron chi connectivity index (χ3n) is 3.27. The molecule has 2 nitrogen and oxygen atoms in total. The Kier molecular flexibility index (Phi) is 5.34. The molecule has 0 aromatic heterocycles. The lowest BCUT2D eigenvalue weighted by atomic mass is 9.99. The van der Waals surface area contributed by atoms with E-state index in [1.807, 2.05) is 44.2 Å². The van der Waals surface area contributed by atoms with Crippen LogP contribution in [0.15, 0.2) is 48.5 Å². The van der Waals surface area contributed by atoms with Crippen LogP contribution in [0.5, 0.6) is 5.75 Å². The van der Waals surface area contributed by atoms with Gasteiger partial charge in [-0.1, -0.05) is 44.2 Å². The first kappa shape index (κ1) is 15.5. The molecule has 1 N–H and O–H groups in total. The number of halogens is 1. The number of aliphatic hydroxyl groups is 1. The molecular weight excluding hydrogens is 267 g/mol. The lowest BCUT2D eigenvalue weighted by molar-refractivity contribution is 0.146. The molecule has 0 bridgehead atoms. The summed E-state index contributed by atoms with van der Waals surface area (Å²) in [4.78, 5) is 0. The number of aliphatic hydroxyl groups excluding tert-OH is 1. The van der Waals surface area contributed by atoms with Crippen molar-refractivity contribution < 1.29 is 14.2 Å². The Balaban J connectivity index is 2.07. The number of hydrogen-bond acceptors (Lipinski definition) is 2. The van der Waals surface area contributed by atoms with Gasteiger partial charge in [-0.05, 0) is 36.1 Å². The Morgan fingerprint density at radius 3 is 2.48 bits per heavy atom. The maximum Gasteiger partial charge on any atom is 0.129 e. The van der Waals surface area contributed by atoms with E-state index in [0.29, 0.717) is 30.3 Å². The minimum Gasteiger partial charge on any atom is -0.489 e. The first-order valence-corrected chi connectivity index (χ1v) is 7.20. The average molecular weight is 288 g/mol. The van der Waals surface area contributed by atoms with Crippen LogP contribution in [0.2, 0.25) is 0 Å². The molecule has 0 aliphatic carbocycles. The molecule has 0 radical (unpaired) electrons. The summed E-state index contributed by atoms with van der Waals surface area (Å²) in [5.41, 5.74) is 1.35. The molecular formula is C18H21FO2. The van der Waals surface area contributed by atoms with Crippen LogP contribution in [0.3, 0.4) is 0 Å². The molecule has 112 valence electrons. The van der Waals surface area contributed by atoms with Crippen molar-refractivity contribution >= 4 is 0 Å². The van der Waals surface area contributed by atoms with Gasteiger partial charge in [-0.15, -0.1) is 0 Å². The minimum atomic E-state index is -0.801. The number of hydrogen-bond donors (Lipinski definition) is 1. The second-order valence-corrected chi connectivity index (χ2v) is 5.60. The van der Waals surface area contributed by atoms with E-state index in [-0.39, 0.29) is 0 Å². The van der Waals surface area contributed by atoms with Crippen molar-refractivity contribution in [3.63, 3.8) is 0 Å². The molecule has 0 aliphatic heterocycles. The number of ether oxygens (including phenoxy) is 1. The molecule has 0 amide bonds. The fraction of sp³-hybridized carbons (Fsp3) is 0.333. The van der Waals surface area contributed by atoms with Crippen LogP contribution in [0, 0.1) is 11.7 Å². The SMILES string of the molecule is CC(C)CC(O)c1cc(OCc2ccccc2)ccc1F. The zero-order valence-electron chi connectivity index (χ0n) is 12.4. The van der Waals surface area contributed by atoms with Gasteiger partial charge in [-0.25, -0.2) is 4.39 Å². The fourth-order valence-electron chi connectivity index (χ4n) is 2.18. The van der Waals surface area contributed by atoms with E-state index in [1.54, 1.807) is 12.1 Å². The van der Waals surface area contributed by atoms with Gasteiger partial charge in [0.05, 0.1) is 6.10 Å². The Labute approximate surface area is 125 Å². The summed E-state index contributed by atoms with van der Waals surface area (Å²) in [6, 6.07) is 14.3. The van der Waals surface area contributed by atoms with Crippen LogP contribution in [0.1, 0.15) is 37.5 Å². The van der Waals surface area contributed by atoms with Gasteiger partial charge in [0.2, 0.25) is 0 Å². The molecule has 2 aromatic carbocycles. The van der Waals surface area contributed by atoms with Crippen molar-refractivity contribution in [1.82, 2.24) is 0 Å². The van der Waals surface area contributed by atoms with Crippen molar-refractivity contribution in [3.8, 4) is 5.75 Å². The smallest absolute Gasteiger partial charge is 0.129 e. The molecule has 2 rings (SSSR count). The summed E-state index contributed by atoms with van der Waals surface area (Å²) in [6.07, 6.45) is -0.274. The molecule has 0 fully saturated rings. The summed E-state index contributed by atoms with van der Waals surface area (Å²) in [5.74, 6) is 0.474. The van der Waals surface area contributed by atoms with Gasteiger partial charge in [0.15, 0.2) is 0 Å². The van der Waals surface area contributed by atoms with E-state index in [0.717, 1.165) is 5.56 Å². The van der Waals surface area contributed by atoms with E-state index in [4.69, 9.17) is 4.74 Å². The highest BCUT2D eigenvalue weighted by atomic mass is 19.1. The third-order valence-corrected chi connectivity index (χ3v) is 3.27. The Morgan fingerprint density at radius 1 is 1.10 bits per heavy atom. The Hall–Kier alpha value is -1.87. The molecule has 21 heavy (non-hydrogen) atoms. The van der Waals surface area contributed by atoms with Gasteiger partial charge in [-0.3, -0.25) is 0 Å². The van der Waals surface area contributed by atoms with Crippen molar-refractivity contribution in [2.45, 2.75) is 33.0 Å². The van der Waals surface area contributed by atoms with Crippen molar-refractivity contribution in [2.75, 3.05) is 0 Å². The van der Waals surface area contributed by atoms with E-state index >= 15 is 0 Å². The second kappa shape index (κ2) is 7.23. The Morgan fingerprint density at radius 2 is 1.81 bits per heavy atom. The standard InChI is InChI=1S/C18H21FO2/c1-13(2)10-18(20)16-11-15(8-9-17(16)19)21-12-14-6-4-3-5-7-14/h3-9,11,13,18,20H,10,12H2,1-2H3. The highest BCUT2D eigenvalue weighted by molar-refractivity contribution is 5.31. The fourth-order valence-corrected chi connectivity index (χ4v) is 2.18. The molecule has 0 saturated carbocycles. The molecule has 0 heterocycles. The van der Waals surface area contributed by atoms with Crippen LogP contribution >= 0.6 is 0 Å². The summed E-state index contributed by atoms with van der Waals surface area (Å²) >= 11 is 0. The molecule has 0 aliphatic rings. The van der Waals surface area contributed by atoms with Gasteiger partial charge in [-0.2, -0.15) is 0 Å². The van der Waals surface area contributed by atoms with Crippen molar-refractivity contribution in [2.24, 2.45) is 5.92 Å². The lowest BCUT2D eigenvalue weighted by Crippen LogP contribution is -2.05. The zero-order valence-corrected chi connectivity index (χ0v) is 12.4. The molecule has 0 spiro atoms. The first-order valence-electron chi connectivity index (χ1n) is 7.20. The predicted octanol–water partition coefficient (Wildman–Crippen LogP) is 4.48. The summed E-state index contributed by atoms with van der Waals surface area (Å²) in [5, 5.41) is 10.1. The summed E-state index contributed by atoms with van der Waals surface area (Å²) in [7, 11) is 0. The highest BCUT2D eigenvalue weighted by Gasteiger charge is 2.15. The third kappa shape index (κ3) is 4.57. The number of benzene rings is 2. The number of rotatable bonds is 6. The van der Waals surface area contributed by atoms with Gasteiger partial charge >= 0.3 is 0 Å². The molecule has 1 unspecified atom stereocenters.